The van der Waals surface area contributed by atoms with E-state index in [1.54, 1.807) is 0 Å². The summed E-state index contributed by atoms with van der Waals surface area (Å²) in [6, 6.07) is 0.715. The standard InChI is InChI=1S/C8H7BrF3NO3/c1-15-7-4(3-9)5(2-6(14)13-7)16-8(10,11)12/h2H,3H2,1H3,(H,13,14). The van der Waals surface area contributed by atoms with Crippen molar-refractivity contribution in [2.24, 2.45) is 0 Å². The molecule has 0 saturated heterocycles. The van der Waals surface area contributed by atoms with Crippen molar-refractivity contribution >= 4 is 15.9 Å². The van der Waals surface area contributed by atoms with Crippen LogP contribution in [0.3, 0.4) is 0 Å². The molecule has 16 heavy (non-hydrogen) atoms. The normalized spacial score (nSPS) is 11.3. The van der Waals surface area contributed by atoms with E-state index in [9.17, 15) is 18.0 Å². The summed E-state index contributed by atoms with van der Waals surface area (Å²) in [5, 5.41) is 0.0539. The SMILES string of the molecule is COc1[nH]c(=O)cc(OC(F)(F)F)c1CBr. The summed E-state index contributed by atoms with van der Waals surface area (Å²) in [6.45, 7) is 0. The second-order valence-electron chi connectivity index (χ2n) is 2.69. The minimum atomic E-state index is -4.85. The summed E-state index contributed by atoms with van der Waals surface area (Å²) in [4.78, 5) is 13.3. The molecular weight excluding hydrogens is 295 g/mol. The van der Waals surface area contributed by atoms with E-state index in [1.807, 2.05) is 0 Å². The van der Waals surface area contributed by atoms with E-state index < -0.39 is 17.7 Å². The summed E-state index contributed by atoms with van der Waals surface area (Å²) in [6.07, 6.45) is -4.85. The van der Waals surface area contributed by atoms with Crippen LogP contribution in [0, 0.1) is 0 Å². The first kappa shape index (κ1) is 12.9. The molecule has 1 N–H and O–H groups in total. The van der Waals surface area contributed by atoms with Crippen LogP contribution in [-0.4, -0.2) is 18.5 Å². The number of methoxy groups -OCH3 is 1. The highest BCUT2D eigenvalue weighted by Gasteiger charge is 2.33. The second kappa shape index (κ2) is 4.77. The number of ether oxygens (including phenoxy) is 2. The molecule has 0 bridgehead atoms. The summed E-state index contributed by atoms with van der Waals surface area (Å²) in [5.74, 6) is -0.645. The zero-order valence-corrected chi connectivity index (χ0v) is 9.61. The number of aromatic nitrogens is 1. The summed E-state index contributed by atoms with van der Waals surface area (Å²) >= 11 is 2.98. The van der Waals surface area contributed by atoms with Gasteiger partial charge in [-0.15, -0.1) is 13.2 Å². The third-order valence-corrected chi connectivity index (χ3v) is 2.19. The molecule has 1 aromatic heterocycles. The van der Waals surface area contributed by atoms with Crippen molar-refractivity contribution in [3.8, 4) is 11.6 Å². The third-order valence-electron chi connectivity index (χ3n) is 1.63. The lowest BCUT2D eigenvalue weighted by molar-refractivity contribution is -0.274. The van der Waals surface area contributed by atoms with Crippen LogP contribution in [0.2, 0.25) is 0 Å². The lowest BCUT2D eigenvalue weighted by Crippen LogP contribution is -2.20. The van der Waals surface area contributed by atoms with Crippen molar-refractivity contribution in [2.45, 2.75) is 11.7 Å². The van der Waals surface area contributed by atoms with E-state index in [1.165, 1.54) is 7.11 Å². The van der Waals surface area contributed by atoms with Gasteiger partial charge in [-0.2, -0.15) is 0 Å². The number of H-pyrrole nitrogens is 1. The van der Waals surface area contributed by atoms with Gasteiger partial charge in [0.05, 0.1) is 12.7 Å². The first-order valence-corrected chi connectivity index (χ1v) is 5.11. The molecule has 0 aromatic carbocycles. The number of rotatable bonds is 3. The van der Waals surface area contributed by atoms with Gasteiger partial charge < -0.3 is 9.47 Å². The third kappa shape index (κ3) is 3.16. The van der Waals surface area contributed by atoms with Crippen molar-refractivity contribution in [2.75, 3.05) is 7.11 Å². The Hall–Kier alpha value is -1.18. The molecule has 0 spiro atoms. The van der Waals surface area contributed by atoms with Crippen LogP contribution in [0.15, 0.2) is 10.9 Å². The van der Waals surface area contributed by atoms with Gasteiger partial charge in [-0.3, -0.25) is 9.78 Å². The van der Waals surface area contributed by atoms with Crippen LogP contribution in [-0.2, 0) is 5.33 Å². The number of halogens is 4. The largest absolute Gasteiger partial charge is 0.573 e. The van der Waals surface area contributed by atoms with E-state index >= 15 is 0 Å². The maximum atomic E-state index is 12.0. The number of aromatic amines is 1. The van der Waals surface area contributed by atoms with Crippen LogP contribution in [0.25, 0.3) is 0 Å². The molecule has 0 amide bonds. The van der Waals surface area contributed by atoms with Crippen LogP contribution >= 0.6 is 15.9 Å². The van der Waals surface area contributed by atoms with E-state index in [0.29, 0.717) is 6.07 Å². The molecule has 4 nitrogen and oxygen atoms in total. The molecule has 0 fully saturated rings. The maximum absolute atomic E-state index is 12.0. The van der Waals surface area contributed by atoms with Gasteiger partial charge in [0.25, 0.3) is 5.56 Å². The molecule has 1 heterocycles. The lowest BCUT2D eigenvalue weighted by atomic mass is 10.3. The molecule has 0 saturated carbocycles. The van der Waals surface area contributed by atoms with Gasteiger partial charge in [-0.1, -0.05) is 15.9 Å². The van der Waals surface area contributed by atoms with E-state index in [0.717, 1.165) is 0 Å². The van der Waals surface area contributed by atoms with Gasteiger partial charge in [0.2, 0.25) is 5.88 Å². The van der Waals surface area contributed by atoms with Crippen molar-refractivity contribution in [1.29, 1.82) is 0 Å². The smallest absolute Gasteiger partial charge is 0.482 e. The molecule has 1 aromatic rings. The first-order valence-electron chi connectivity index (χ1n) is 3.99. The quantitative estimate of drug-likeness (QED) is 0.871. The zero-order valence-electron chi connectivity index (χ0n) is 8.02. The van der Waals surface area contributed by atoms with Crippen LogP contribution < -0.4 is 15.0 Å². The number of hydrogen-bond acceptors (Lipinski definition) is 3. The molecule has 0 aliphatic heterocycles. The van der Waals surface area contributed by atoms with Crippen molar-refractivity contribution in [3.05, 3.63) is 22.0 Å². The van der Waals surface area contributed by atoms with E-state index in [4.69, 9.17) is 4.74 Å². The molecule has 0 aliphatic rings. The van der Waals surface area contributed by atoms with Crippen LogP contribution in [0.4, 0.5) is 13.2 Å². The molecule has 8 heteroatoms. The Kier molecular flexibility index (Phi) is 3.84. The summed E-state index contributed by atoms with van der Waals surface area (Å²) < 4.78 is 44.6. The van der Waals surface area contributed by atoms with Gasteiger partial charge in [-0.05, 0) is 0 Å². The number of alkyl halides is 4. The van der Waals surface area contributed by atoms with Gasteiger partial charge in [0, 0.05) is 11.4 Å². The van der Waals surface area contributed by atoms with Gasteiger partial charge >= 0.3 is 6.36 Å². The van der Waals surface area contributed by atoms with Crippen molar-refractivity contribution in [3.63, 3.8) is 0 Å². The second-order valence-corrected chi connectivity index (χ2v) is 3.25. The highest BCUT2D eigenvalue weighted by molar-refractivity contribution is 9.08. The fraction of sp³-hybridized carbons (Fsp3) is 0.375. The predicted octanol–water partition coefficient (Wildman–Crippen LogP) is 2.18. The Balaban J connectivity index is 3.26. The van der Waals surface area contributed by atoms with Gasteiger partial charge in [-0.25, -0.2) is 0 Å². The Morgan fingerprint density at radius 3 is 2.56 bits per heavy atom. The monoisotopic (exact) mass is 301 g/mol. The molecule has 1 rings (SSSR count). The fourth-order valence-corrected chi connectivity index (χ4v) is 1.59. The number of hydrogen-bond donors (Lipinski definition) is 1. The van der Waals surface area contributed by atoms with Gasteiger partial charge in [0.15, 0.2) is 0 Å². The molecular formula is C8H7BrF3NO3. The van der Waals surface area contributed by atoms with Gasteiger partial charge in [0.1, 0.15) is 5.75 Å². The topological polar surface area (TPSA) is 51.3 Å². The van der Waals surface area contributed by atoms with E-state index in [-0.39, 0.29) is 16.8 Å². The average Bonchev–Trinajstić information content (AvgIpc) is 2.14. The Morgan fingerprint density at radius 1 is 1.50 bits per heavy atom. The first-order chi connectivity index (χ1) is 7.37. The minimum Gasteiger partial charge on any atom is -0.482 e. The molecule has 0 atom stereocenters. The lowest BCUT2D eigenvalue weighted by Gasteiger charge is -2.13. The summed E-state index contributed by atoms with van der Waals surface area (Å²) in [5.41, 5.74) is -0.653. The Bertz CT molecular complexity index is 430. The molecule has 0 radical (unpaired) electrons. The predicted molar refractivity (Wildman–Crippen MR) is 52.9 cm³/mol. The fourth-order valence-electron chi connectivity index (χ4n) is 1.06. The molecule has 0 unspecified atom stereocenters. The maximum Gasteiger partial charge on any atom is 0.573 e. The summed E-state index contributed by atoms with van der Waals surface area (Å²) in [7, 11) is 1.23. The Labute approximate surface area is 96.5 Å². The highest BCUT2D eigenvalue weighted by Crippen LogP contribution is 2.31. The zero-order chi connectivity index (χ0) is 12.3. The Morgan fingerprint density at radius 2 is 2.12 bits per heavy atom. The minimum absolute atomic E-state index is 0.0539. The van der Waals surface area contributed by atoms with Crippen molar-refractivity contribution < 1.29 is 22.6 Å². The highest BCUT2D eigenvalue weighted by atomic mass is 79.9. The molecule has 0 aliphatic carbocycles. The van der Waals surface area contributed by atoms with E-state index in [2.05, 4.69) is 25.7 Å². The number of pyridine rings is 1. The van der Waals surface area contributed by atoms with Crippen molar-refractivity contribution in [1.82, 2.24) is 4.98 Å². The average molecular weight is 302 g/mol. The van der Waals surface area contributed by atoms with Crippen LogP contribution in [0.1, 0.15) is 5.56 Å². The van der Waals surface area contributed by atoms with Crippen LogP contribution in [0.5, 0.6) is 11.6 Å². The molecule has 90 valence electrons. The number of nitrogens with one attached hydrogen (secondary N) is 1.